The predicted octanol–water partition coefficient (Wildman–Crippen LogP) is 7.81. The van der Waals surface area contributed by atoms with Gasteiger partial charge in [-0.25, -0.2) is 4.98 Å². The minimum absolute atomic E-state index is 0.0791. The number of nitrogens with zero attached hydrogens (tertiary/aromatic N) is 1. The van der Waals surface area contributed by atoms with Gasteiger partial charge in [-0.2, -0.15) is 0 Å². The second-order valence-electron chi connectivity index (χ2n) is 6.56. The van der Waals surface area contributed by atoms with Crippen LogP contribution >= 0.6 is 34.8 Å². The average molecular weight is 401 g/mol. The van der Waals surface area contributed by atoms with Crippen LogP contribution in [0.15, 0.2) is 54.6 Å². The Bertz CT molecular complexity index is 1150. The first-order valence-electron chi connectivity index (χ1n) is 8.39. The normalized spacial score (nSPS) is 12.7. The number of aromatic nitrogens is 1. The fourth-order valence-electron chi connectivity index (χ4n) is 3.43. The molecule has 0 aliphatic heterocycles. The maximum Gasteiger partial charge on any atom is 0.135 e. The van der Waals surface area contributed by atoms with E-state index >= 15 is 0 Å². The van der Waals surface area contributed by atoms with E-state index in [-0.39, 0.29) is 5.92 Å². The van der Waals surface area contributed by atoms with Crippen molar-refractivity contribution in [2.75, 3.05) is 0 Å². The highest BCUT2D eigenvalue weighted by Crippen LogP contribution is 2.42. The Kier molecular flexibility index (Phi) is 4.56. The SMILES string of the molecule is Cc1ccc2nc(Cl)c(C(C)c3ccc4ccccc4c3Cl)c(Cl)c2c1. The number of hydrogen-bond donors (Lipinski definition) is 0. The van der Waals surface area contributed by atoms with Gasteiger partial charge in [0.25, 0.3) is 0 Å². The zero-order valence-corrected chi connectivity index (χ0v) is 16.6. The molecule has 1 heterocycles. The Balaban J connectivity index is 1.94. The lowest BCUT2D eigenvalue weighted by Gasteiger charge is -2.19. The summed E-state index contributed by atoms with van der Waals surface area (Å²) in [6, 6.07) is 18.2. The van der Waals surface area contributed by atoms with E-state index in [9.17, 15) is 0 Å². The van der Waals surface area contributed by atoms with Gasteiger partial charge in [0, 0.05) is 22.3 Å². The van der Waals surface area contributed by atoms with E-state index in [1.807, 2.05) is 49.4 Å². The first-order valence-corrected chi connectivity index (χ1v) is 9.53. The molecule has 0 fully saturated rings. The van der Waals surface area contributed by atoms with E-state index in [4.69, 9.17) is 34.8 Å². The molecule has 0 aliphatic carbocycles. The van der Waals surface area contributed by atoms with Crippen LogP contribution in [0.3, 0.4) is 0 Å². The van der Waals surface area contributed by atoms with Gasteiger partial charge in [0.1, 0.15) is 5.15 Å². The van der Waals surface area contributed by atoms with E-state index in [1.165, 1.54) is 0 Å². The topological polar surface area (TPSA) is 12.9 Å². The third kappa shape index (κ3) is 2.85. The zero-order chi connectivity index (χ0) is 18.4. The van der Waals surface area contributed by atoms with E-state index in [0.717, 1.165) is 43.4 Å². The average Bonchev–Trinajstić information content (AvgIpc) is 2.63. The Morgan fingerprint density at radius 3 is 2.42 bits per heavy atom. The summed E-state index contributed by atoms with van der Waals surface area (Å²) in [6.45, 7) is 4.10. The first-order chi connectivity index (χ1) is 12.5. The molecular weight excluding hydrogens is 385 g/mol. The van der Waals surface area contributed by atoms with Gasteiger partial charge >= 0.3 is 0 Å². The highest BCUT2D eigenvalue weighted by Gasteiger charge is 2.22. The number of rotatable bonds is 2. The summed E-state index contributed by atoms with van der Waals surface area (Å²) in [5.74, 6) is -0.0791. The monoisotopic (exact) mass is 399 g/mol. The fourth-order valence-corrected chi connectivity index (χ4v) is 4.63. The number of benzene rings is 3. The van der Waals surface area contributed by atoms with Crippen molar-refractivity contribution in [2.24, 2.45) is 0 Å². The summed E-state index contributed by atoms with van der Waals surface area (Å²) in [7, 11) is 0. The van der Waals surface area contributed by atoms with Crippen LogP contribution in [-0.2, 0) is 0 Å². The van der Waals surface area contributed by atoms with Crippen molar-refractivity contribution in [1.29, 1.82) is 0 Å². The zero-order valence-electron chi connectivity index (χ0n) is 14.4. The molecule has 0 aliphatic rings. The van der Waals surface area contributed by atoms with E-state index in [1.54, 1.807) is 0 Å². The molecule has 1 atom stereocenters. The molecule has 0 bridgehead atoms. The van der Waals surface area contributed by atoms with Crippen molar-refractivity contribution in [3.05, 3.63) is 86.5 Å². The predicted molar refractivity (Wildman–Crippen MR) is 113 cm³/mol. The molecule has 0 N–H and O–H groups in total. The standard InChI is InChI=1S/C22H16Cl3N/c1-12-7-10-18-17(11-12)21(24)19(22(25)26-18)13(2)15-9-8-14-5-3-4-6-16(14)20(15)23/h3-11,13H,1-2H3. The molecular formula is C22H16Cl3N. The lowest BCUT2D eigenvalue weighted by Crippen LogP contribution is -2.02. The number of hydrogen-bond acceptors (Lipinski definition) is 1. The molecule has 1 unspecified atom stereocenters. The second-order valence-corrected chi connectivity index (χ2v) is 7.68. The highest BCUT2D eigenvalue weighted by atomic mass is 35.5. The summed E-state index contributed by atoms with van der Waals surface area (Å²) < 4.78 is 0. The summed E-state index contributed by atoms with van der Waals surface area (Å²) in [5.41, 5.74) is 3.73. The maximum atomic E-state index is 6.77. The minimum Gasteiger partial charge on any atom is -0.236 e. The summed E-state index contributed by atoms with van der Waals surface area (Å²) in [5, 5.41) is 4.83. The van der Waals surface area contributed by atoms with Crippen LogP contribution in [-0.4, -0.2) is 4.98 Å². The van der Waals surface area contributed by atoms with Gasteiger partial charge < -0.3 is 0 Å². The van der Waals surface area contributed by atoms with Gasteiger partial charge in [-0.3, -0.25) is 0 Å². The van der Waals surface area contributed by atoms with Crippen LogP contribution in [0.1, 0.15) is 29.5 Å². The minimum atomic E-state index is -0.0791. The fraction of sp³-hybridized carbons (Fsp3) is 0.136. The molecule has 4 rings (SSSR count). The Morgan fingerprint density at radius 1 is 0.846 bits per heavy atom. The van der Waals surface area contributed by atoms with Gasteiger partial charge in [-0.1, -0.05) is 89.8 Å². The molecule has 4 heteroatoms. The van der Waals surface area contributed by atoms with Crippen molar-refractivity contribution in [3.63, 3.8) is 0 Å². The van der Waals surface area contributed by atoms with Crippen LogP contribution in [0.2, 0.25) is 15.2 Å². The Labute approximate surface area is 167 Å². The number of halogens is 3. The van der Waals surface area contributed by atoms with Crippen LogP contribution < -0.4 is 0 Å². The molecule has 0 saturated heterocycles. The van der Waals surface area contributed by atoms with Crippen LogP contribution in [0, 0.1) is 6.92 Å². The van der Waals surface area contributed by atoms with Crippen molar-refractivity contribution >= 4 is 56.5 Å². The van der Waals surface area contributed by atoms with Gasteiger partial charge in [0.2, 0.25) is 0 Å². The van der Waals surface area contributed by atoms with Gasteiger partial charge in [-0.15, -0.1) is 0 Å². The molecule has 0 amide bonds. The third-order valence-electron chi connectivity index (χ3n) is 4.86. The van der Waals surface area contributed by atoms with Crippen LogP contribution in [0.5, 0.6) is 0 Å². The molecule has 26 heavy (non-hydrogen) atoms. The van der Waals surface area contributed by atoms with Crippen molar-refractivity contribution in [2.45, 2.75) is 19.8 Å². The third-order valence-corrected chi connectivity index (χ3v) is 5.98. The lowest BCUT2D eigenvalue weighted by atomic mass is 9.91. The van der Waals surface area contributed by atoms with Crippen molar-refractivity contribution < 1.29 is 0 Å². The van der Waals surface area contributed by atoms with E-state index in [2.05, 4.69) is 24.0 Å². The van der Waals surface area contributed by atoms with Gasteiger partial charge in [0.05, 0.1) is 15.6 Å². The van der Waals surface area contributed by atoms with E-state index in [0.29, 0.717) is 10.2 Å². The highest BCUT2D eigenvalue weighted by molar-refractivity contribution is 6.39. The maximum absolute atomic E-state index is 6.77. The van der Waals surface area contributed by atoms with Gasteiger partial charge in [-0.05, 0) is 30.0 Å². The van der Waals surface area contributed by atoms with Crippen LogP contribution in [0.4, 0.5) is 0 Å². The Hall–Kier alpha value is -1.80. The largest absolute Gasteiger partial charge is 0.236 e. The molecule has 0 spiro atoms. The van der Waals surface area contributed by atoms with Crippen LogP contribution in [0.25, 0.3) is 21.7 Å². The molecule has 3 aromatic carbocycles. The first kappa shape index (κ1) is 17.6. The summed E-state index contributed by atoms with van der Waals surface area (Å²) in [4.78, 5) is 4.55. The molecule has 0 radical (unpaired) electrons. The number of aryl methyl sites for hydroxylation is 1. The second kappa shape index (κ2) is 6.74. The number of fused-ring (bicyclic) bond motifs is 2. The lowest BCUT2D eigenvalue weighted by molar-refractivity contribution is 0.919. The molecule has 1 aromatic heterocycles. The quantitative estimate of drug-likeness (QED) is 0.313. The van der Waals surface area contributed by atoms with Crippen molar-refractivity contribution in [1.82, 2.24) is 4.98 Å². The summed E-state index contributed by atoms with van der Waals surface area (Å²) in [6.07, 6.45) is 0. The number of pyridine rings is 1. The molecule has 4 aromatic rings. The molecule has 1 nitrogen and oxygen atoms in total. The van der Waals surface area contributed by atoms with Gasteiger partial charge in [0.15, 0.2) is 0 Å². The van der Waals surface area contributed by atoms with E-state index < -0.39 is 0 Å². The summed E-state index contributed by atoms with van der Waals surface area (Å²) >= 11 is 20.0. The van der Waals surface area contributed by atoms with Crippen molar-refractivity contribution in [3.8, 4) is 0 Å². The molecule has 130 valence electrons. The Morgan fingerprint density at radius 2 is 1.62 bits per heavy atom. The smallest absolute Gasteiger partial charge is 0.135 e. The molecule has 0 saturated carbocycles.